The Balaban J connectivity index is 2.73. The fourth-order valence-electron chi connectivity index (χ4n) is 0.865. The van der Waals surface area contributed by atoms with E-state index in [2.05, 4.69) is 10.1 Å². The highest BCUT2D eigenvalue weighted by Gasteiger charge is 2.03. The summed E-state index contributed by atoms with van der Waals surface area (Å²) in [6, 6.07) is 5.77. The Morgan fingerprint density at radius 3 is 2.29 bits per heavy atom. The number of carboxylic acid groups (broad SMARTS) is 1. The number of rotatable bonds is 2. The van der Waals surface area contributed by atoms with E-state index in [1.807, 2.05) is 0 Å². The zero-order valence-electron chi connectivity index (χ0n) is 7.48. The zero-order valence-corrected chi connectivity index (χ0v) is 7.48. The van der Waals surface area contributed by atoms with Crippen LogP contribution in [0, 0.1) is 0 Å². The van der Waals surface area contributed by atoms with Gasteiger partial charge in [0.05, 0.1) is 12.7 Å². The third kappa shape index (κ3) is 2.48. The third-order valence-corrected chi connectivity index (χ3v) is 1.56. The number of ether oxygens (including phenoxy) is 1. The number of carbonyl (C=O) groups excluding carboxylic acids is 1. The van der Waals surface area contributed by atoms with E-state index in [4.69, 9.17) is 5.11 Å². The van der Waals surface area contributed by atoms with Gasteiger partial charge >= 0.3 is 12.1 Å². The number of carbonyl (C=O) groups is 2. The van der Waals surface area contributed by atoms with Gasteiger partial charge in [0.2, 0.25) is 0 Å². The molecule has 0 saturated carbocycles. The highest BCUT2D eigenvalue weighted by molar-refractivity contribution is 5.89. The van der Waals surface area contributed by atoms with Crippen LogP contribution in [0.1, 0.15) is 10.4 Å². The standard InChI is InChI=1S/C9H9NO4/c1-14-9(13)10-7-4-2-6(3-5-7)8(11)12/h2-5H,1H3,(H,10,13)(H,11,12). The van der Waals surface area contributed by atoms with Gasteiger partial charge in [0.25, 0.3) is 0 Å². The lowest BCUT2D eigenvalue weighted by molar-refractivity contribution is 0.0697. The van der Waals surface area contributed by atoms with Crippen LogP contribution in [-0.2, 0) is 4.74 Å². The van der Waals surface area contributed by atoms with Crippen LogP contribution in [0.4, 0.5) is 10.5 Å². The van der Waals surface area contributed by atoms with Crippen molar-refractivity contribution in [3.8, 4) is 0 Å². The van der Waals surface area contributed by atoms with E-state index in [1.165, 1.54) is 31.4 Å². The van der Waals surface area contributed by atoms with Crippen LogP contribution in [0.25, 0.3) is 0 Å². The van der Waals surface area contributed by atoms with Crippen LogP contribution < -0.4 is 5.32 Å². The molecule has 2 N–H and O–H groups in total. The molecular weight excluding hydrogens is 186 g/mol. The first-order valence-corrected chi connectivity index (χ1v) is 3.82. The highest BCUT2D eigenvalue weighted by Crippen LogP contribution is 2.09. The zero-order chi connectivity index (χ0) is 10.6. The van der Waals surface area contributed by atoms with Crippen LogP contribution in [0.15, 0.2) is 24.3 Å². The molecule has 0 radical (unpaired) electrons. The van der Waals surface area contributed by atoms with Crippen LogP contribution >= 0.6 is 0 Å². The monoisotopic (exact) mass is 195 g/mol. The van der Waals surface area contributed by atoms with Crippen molar-refractivity contribution in [3.05, 3.63) is 29.8 Å². The first-order chi connectivity index (χ1) is 6.63. The Bertz CT molecular complexity index is 344. The number of benzene rings is 1. The fourth-order valence-corrected chi connectivity index (χ4v) is 0.865. The molecule has 1 amide bonds. The first-order valence-electron chi connectivity index (χ1n) is 3.82. The second kappa shape index (κ2) is 4.27. The molecule has 0 fully saturated rings. The van der Waals surface area contributed by atoms with Gasteiger partial charge < -0.3 is 9.84 Å². The Morgan fingerprint density at radius 1 is 1.29 bits per heavy atom. The predicted molar refractivity (Wildman–Crippen MR) is 49.4 cm³/mol. The van der Waals surface area contributed by atoms with Crippen molar-refractivity contribution in [2.45, 2.75) is 0 Å². The van der Waals surface area contributed by atoms with Crippen molar-refractivity contribution < 1.29 is 19.4 Å². The minimum absolute atomic E-state index is 0.167. The first kappa shape index (κ1) is 10.0. The van der Waals surface area contributed by atoms with Crippen LogP contribution in [0.2, 0.25) is 0 Å². The second-order valence-corrected chi connectivity index (χ2v) is 2.50. The third-order valence-electron chi connectivity index (χ3n) is 1.56. The van der Waals surface area contributed by atoms with Gasteiger partial charge in [-0.25, -0.2) is 9.59 Å². The predicted octanol–water partition coefficient (Wildman–Crippen LogP) is 1.56. The van der Waals surface area contributed by atoms with E-state index >= 15 is 0 Å². The summed E-state index contributed by atoms with van der Waals surface area (Å²) >= 11 is 0. The van der Waals surface area contributed by atoms with Gasteiger partial charge in [-0.15, -0.1) is 0 Å². The molecule has 0 aromatic heterocycles. The largest absolute Gasteiger partial charge is 0.478 e. The number of hydrogen-bond donors (Lipinski definition) is 2. The molecule has 1 aromatic rings. The summed E-state index contributed by atoms with van der Waals surface area (Å²) in [5.74, 6) is -1.00. The molecule has 1 rings (SSSR count). The molecule has 0 aliphatic heterocycles. The number of methoxy groups -OCH3 is 1. The normalized spacial score (nSPS) is 9.21. The van der Waals surface area contributed by atoms with Gasteiger partial charge in [-0.3, -0.25) is 5.32 Å². The topological polar surface area (TPSA) is 75.6 Å². The molecule has 5 heteroatoms. The maximum absolute atomic E-state index is 10.8. The maximum Gasteiger partial charge on any atom is 0.411 e. The summed E-state index contributed by atoms with van der Waals surface area (Å²) in [7, 11) is 1.25. The number of nitrogens with one attached hydrogen (secondary N) is 1. The molecule has 0 aliphatic rings. The van der Waals surface area contributed by atoms with Crippen molar-refractivity contribution >= 4 is 17.7 Å². The lowest BCUT2D eigenvalue weighted by Gasteiger charge is -2.02. The van der Waals surface area contributed by atoms with Gasteiger partial charge in [0.15, 0.2) is 0 Å². The van der Waals surface area contributed by atoms with Crippen molar-refractivity contribution in [3.63, 3.8) is 0 Å². The van der Waals surface area contributed by atoms with Crippen LogP contribution in [-0.4, -0.2) is 24.3 Å². The van der Waals surface area contributed by atoms with Gasteiger partial charge in [-0.05, 0) is 24.3 Å². The average Bonchev–Trinajstić information content (AvgIpc) is 2.18. The lowest BCUT2D eigenvalue weighted by Crippen LogP contribution is -2.10. The van der Waals surface area contributed by atoms with Gasteiger partial charge in [-0.2, -0.15) is 0 Å². The molecular formula is C9H9NO4. The minimum atomic E-state index is -1.00. The number of amides is 1. The SMILES string of the molecule is COC(=O)Nc1ccc(C(=O)O)cc1. The molecule has 0 aliphatic carbocycles. The summed E-state index contributed by atoms with van der Waals surface area (Å²) in [5.41, 5.74) is 0.655. The molecule has 74 valence electrons. The second-order valence-electron chi connectivity index (χ2n) is 2.50. The van der Waals surface area contributed by atoms with Gasteiger partial charge in [-0.1, -0.05) is 0 Å². The molecule has 0 saturated heterocycles. The number of hydrogen-bond acceptors (Lipinski definition) is 3. The summed E-state index contributed by atoms with van der Waals surface area (Å²) < 4.78 is 4.37. The number of carboxylic acids is 1. The Hall–Kier alpha value is -2.04. The van der Waals surface area contributed by atoms with Crippen molar-refractivity contribution in [1.29, 1.82) is 0 Å². The van der Waals surface area contributed by atoms with Crippen molar-refractivity contribution in [1.82, 2.24) is 0 Å². The lowest BCUT2D eigenvalue weighted by atomic mass is 10.2. The van der Waals surface area contributed by atoms with Crippen molar-refractivity contribution in [2.75, 3.05) is 12.4 Å². The molecule has 0 atom stereocenters. The maximum atomic E-state index is 10.8. The quantitative estimate of drug-likeness (QED) is 0.750. The van der Waals surface area contributed by atoms with E-state index < -0.39 is 12.1 Å². The van der Waals surface area contributed by atoms with E-state index in [-0.39, 0.29) is 5.56 Å². The molecule has 0 spiro atoms. The smallest absolute Gasteiger partial charge is 0.411 e. The molecule has 0 bridgehead atoms. The van der Waals surface area contributed by atoms with Crippen LogP contribution in [0.5, 0.6) is 0 Å². The summed E-state index contributed by atoms with van der Waals surface area (Å²) in [6.45, 7) is 0. The summed E-state index contributed by atoms with van der Waals surface area (Å²) in [5, 5.41) is 11.0. The van der Waals surface area contributed by atoms with E-state index in [0.29, 0.717) is 5.69 Å². The average molecular weight is 195 g/mol. The van der Waals surface area contributed by atoms with E-state index in [9.17, 15) is 9.59 Å². The van der Waals surface area contributed by atoms with Gasteiger partial charge in [0.1, 0.15) is 0 Å². The molecule has 0 unspecified atom stereocenters. The highest BCUT2D eigenvalue weighted by atomic mass is 16.5. The van der Waals surface area contributed by atoms with Crippen molar-refractivity contribution in [2.24, 2.45) is 0 Å². The summed E-state index contributed by atoms with van der Waals surface area (Å²) in [6.07, 6.45) is -0.590. The van der Waals surface area contributed by atoms with Crippen LogP contribution in [0.3, 0.4) is 0 Å². The Kier molecular flexibility index (Phi) is 3.06. The minimum Gasteiger partial charge on any atom is -0.478 e. The summed E-state index contributed by atoms with van der Waals surface area (Å²) in [4.78, 5) is 21.2. The molecule has 0 heterocycles. The fraction of sp³-hybridized carbons (Fsp3) is 0.111. The molecule has 1 aromatic carbocycles. The Morgan fingerprint density at radius 2 is 1.86 bits per heavy atom. The Labute approximate surface area is 80.3 Å². The number of anilines is 1. The van der Waals surface area contributed by atoms with Gasteiger partial charge in [0, 0.05) is 5.69 Å². The molecule has 14 heavy (non-hydrogen) atoms. The van der Waals surface area contributed by atoms with E-state index in [0.717, 1.165) is 0 Å². The number of aromatic carboxylic acids is 1. The van der Waals surface area contributed by atoms with E-state index in [1.54, 1.807) is 0 Å². The molecule has 5 nitrogen and oxygen atoms in total.